The van der Waals surface area contributed by atoms with Crippen molar-refractivity contribution in [2.75, 3.05) is 0 Å². The molecule has 0 spiro atoms. The van der Waals surface area contributed by atoms with Crippen LogP contribution in [0.4, 0.5) is 0 Å². The molecular weight excluding hydrogens is 188 g/mol. The fourth-order valence-electron chi connectivity index (χ4n) is 2.18. The molecule has 1 atom stereocenters. The predicted molar refractivity (Wildman–Crippen MR) is 61.6 cm³/mol. The van der Waals surface area contributed by atoms with Gasteiger partial charge in [0.25, 0.3) is 0 Å². The van der Waals surface area contributed by atoms with E-state index >= 15 is 0 Å². The molecule has 1 aliphatic carbocycles. The molecule has 0 aromatic rings. The molecular formula is C13H24O2. The lowest BCUT2D eigenvalue weighted by molar-refractivity contribution is -0.155. The zero-order valence-electron chi connectivity index (χ0n) is 10.3. The summed E-state index contributed by atoms with van der Waals surface area (Å²) in [6.07, 6.45) is 6.74. The van der Waals surface area contributed by atoms with Gasteiger partial charge in [-0.3, -0.25) is 4.79 Å². The number of carbonyl (C=O) groups excluding carboxylic acids is 1. The molecule has 0 radical (unpaired) electrons. The van der Waals surface area contributed by atoms with Crippen LogP contribution in [0.3, 0.4) is 0 Å². The molecule has 2 nitrogen and oxygen atoms in total. The van der Waals surface area contributed by atoms with Crippen LogP contribution in [-0.2, 0) is 9.53 Å². The number of ether oxygens (including phenoxy) is 1. The lowest BCUT2D eigenvalue weighted by atomic mass is 9.89. The van der Waals surface area contributed by atoms with Crippen LogP contribution in [0, 0.1) is 11.8 Å². The molecule has 0 saturated heterocycles. The van der Waals surface area contributed by atoms with E-state index in [0.717, 1.165) is 31.6 Å². The molecule has 0 N–H and O–H groups in total. The summed E-state index contributed by atoms with van der Waals surface area (Å²) < 4.78 is 5.52. The van der Waals surface area contributed by atoms with Crippen LogP contribution in [0.5, 0.6) is 0 Å². The highest BCUT2D eigenvalue weighted by Crippen LogP contribution is 2.26. The Labute approximate surface area is 93.4 Å². The van der Waals surface area contributed by atoms with Crippen LogP contribution in [-0.4, -0.2) is 12.1 Å². The van der Waals surface area contributed by atoms with Gasteiger partial charge in [-0.25, -0.2) is 0 Å². The molecule has 1 unspecified atom stereocenters. The molecule has 15 heavy (non-hydrogen) atoms. The zero-order valence-corrected chi connectivity index (χ0v) is 10.3. The Bertz CT molecular complexity index is 193. The maximum atomic E-state index is 11.7. The van der Waals surface area contributed by atoms with E-state index in [0.29, 0.717) is 0 Å². The molecule has 88 valence electrons. The zero-order chi connectivity index (χ0) is 11.3. The lowest BCUT2D eigenvalue weighted by Crippen LogP contribution is -2.26. The summed E-state index contributed by atoms with van der Waals surface area (Å²) in [5, 5.41) is 0. The SMILES string of the molecule is CCCC(C)C(=O)OC1CCC(C)CC1. The fraction of sp³-hybridized carbons (Fsp3) is 0.923. The number of rotatable bonds is 4. The van der Waals surface area contributed by atoms with E-state index in [1.165, 1.54) is 12.8 Å². The molecule has 2 heteroatoms. The van der Waals surface area contributed by atoms with E-state index in [4.69, 9.17) is 4.74 Å². The summed E-state index contributed by atoms with van der Waals surface area (Å²) in [5.41, 5.74) is 0. The minimum Gasteiger partial charge on any atom is -0.462 e. The second kappa shape index (κ2) is 6.14. The van der Waals surface area contributed by atoms with E-state index in [-0.39, 0.29) is 18.0 Å². The molecule has 1 rings (SSSR count). The van der Waals surface area contributed by atoms with Gasteiger partial charge in [0.05, 0.1) is 5.92 Å². The Morgan fingerprint density at radius 1 is 1.33 bits per heavy atom. The standard InChI is InChI=1S/C13H24O2/c1-4-5-11(3)13(14)15-12-8-6-10(2)7-9-12/h10-12H,4-9H2,1-3H3. The molecule has 1 aliphatic rings. The van der Waals surface area contributed by atoms with E-state index in [1.54, 1.807) is 0 Å². The van der Waals surface area contributed by atoms with E-state index in [1.807, 2.05) is 6.92 Å². The van der Waals surface area contributed by atoms with Crippen LogP contribution < -0.4 is 0 Å². The molecule has 0 aromatic heterocycles. The third kappa shape index (κ3) is 4.23. The van der Waals surface area contributed by atoms with Gasteiger partial charge in [-0.1, -0.05) is 27.2 Å². The van der Waals surface area contributed by atoms with Crippen molar-refractivity contribution in [1.29, 1.82) is 0 Å². The summed E-state index contributed by atoms with van der Waals surface area (Å²) in [5.74, 6) is 0.902. The number of esters is 1. The summed E-state index contributed by atoms with van der Waals surface area (Å²) in [7, 11) is 0. The van der Waals surface area contributed by atoms with Crippen LogP contribution in [0.15, 0.2) is 0 Å². The minimum absolute atomic E-state index is 0.0106. The maximum absolute atomic E-state index is 11.7. The number of carbonyl (C=O) groups is 1. The first-order valence-electron chi connectivity index (χ1n) is 6.34. The van der Waals surface area contributed by atoms with Crippen LogP contribution in [0.1, 0.15) is 59.3 Å². The second-order valence-electron chi connectivity index (χ2n) is 5.01. The molecule has 0 bridgehead atoms. The van der Waals surface area contributed by atoms with Crippen molar-refractivity contribution in [2.45, 2.75) is 65.4 Å². The first-order valence-corrected chi connectivity index (χ1v) is 6.34. The van der Waals surface area contributed by atoms with Crippen LogP contribution in [0.2, 0.25) is 0 Å². The third-order valence-corrected chi connectivity index (χ3v) is 3.37. The Hall–Kier alpha value is -0.530. The van der Waals surface area contributed by atoms with Crippen molar-refractivity contribution in [2.24, 2.45) is 11.8 Å². The van der Waals surface area contributed by atoms with Gasteiger partial charge >= 0.3 is 5.97 Å². The molecule has 0 amide bonds. The predicted octanol–water partition coefficient (Wildman–Crippen LogP) is 3.54. The Morgan fingerprint density at radius 3 is 2.47 bits per heavy atom. The van der Waals surface area contributed by atoms with Gasteiger partial charge in [0, 0.05) is 0 Å². The van der Waals surface area contributed by atoms with Crippen molar-refractivity contribution in [3.05, 3.63) is 0 Å². The van der Waals surface area contributed by atoms with Gasteiger partial charge in [-0.15, -0.1) is 0 Å². The van der Waals surface area contributed by atoms with Crippen LogP contribution >= 0.6 is 0 Å². The highest BCUT2D eigenvalue weighted by molar-refractivity contribution is 5.72. The normalized spacial score (nSPS) is 28.5. The van der Waals surface area contributed by atoms with E-state index < -0.39 is 0 Å². The van der Waals surface area contributed by atoms with E-state index in [2.05, 4.69) is 13.8 Å². The lowest BCUT2D eigenvalue weighted by Gasteiger charge is -2.27. The van der Waals surface area contributed by atoms with Crippen molar-refractivity contribution in [1.82, 2.24) is 0 Å². The molecule has 0 heterocycles. The summed E-state index contributed by atoms with van der Waals surface area (Å²) in [4.78, 5) is 11.7. The van der Waals surface area contributed by atoms with Gasteiger partial charge in [-0.2, -0.15) is 0 Å². The smallest absolute Gasteiger partial charge is 0.308 e. The summed E-state index contributed by atoms with van der Waals surface area (Å²) >= 11 is 0. The Morgan fingerprint density at radius 2 is 1.93 bits per heavy atom. The highest BCUT2D eigenvalue weighted by Gasteiger charge is 2.23. The Balaban J connectivity index is 2.25. The first-order chi connectivity index (χ1) is 7.13. The maximum Gasteiger partial charge on any atom is 0.308 e. The monoisotopic (exact) mass is 212 g/mol. The van der Waals surface area contributed by atoms with Gasteiger partial charge in [0.2, 0.25) is 0 Å². The average Bonchev–Trinajstić information content (AvgIpc) is 2.22. The largest absolute Gasteiger partial charge is 0.462 e. The highest BCUT2D eigenvalue weighted by atomic mass is 16.5. The Kier molecular flexibility index (Phi) is 5.13. The van der Waals surface area contributed by atoms with E-state index in [9.17, 15) is 4.79 Å². The van der Waals surface area contributed by atoms with Crippen molar-refractivity contribution < 1.29 is 9.53 Å². The molecule has 0 aliphatic heterocycles. The van der Waals surface area contributed by atoms with Crippen LogP contribution in [0.25, 0.3) is 0 Å². The van der Waals surface area contributed by atoms with Gasteiger partial charge in [0.1, 0.15) is 6.10 Å². The topological polar surface area (TPSA) is 26.3 Å². The first kappa shape index (κ1) is 12.5. The number of hydrogen-bond acceptors (Lipinski definition) is 2. The summed E-state index contributed by atoms with van der Waals surface area (Å²) in [6.45, 7) is 6.35. The second-order valence-corrected chi connectivity index (χ2v) is 5.01. The molecule has 1 saturated carbocycles. The van der Waals surface area contributed by atoms with Gasteiger partial charge < -0.3 is 4.74 Å². The molecule has 1 fully saturated rings. The van der Waals surface area contributed by atoms with Crippen molar-refractivity contribution >= 4 is 5.97 Å². The van der Waals surface area contributed by atoms with Crippen molar-refractivity contribution in [3.63, 3.8) is 0 Å². The van der Waals surface area contributed by atoms with Gasteiger partial charge in [-0.05, 0) is 38.0 Å². The minimum atomic E-state index is 0.0106. The fourth-order valence-corrected chi connectivity index (χ4v) is 2.18. The van der Waals surface area contributed by atoms with Gasteiger partial charge in [0.15, 0.2) is 0 Å². The average molecular weight is 212 g/mol. The third-order valence-electron chi connectivity index (χ3n) is 3.37. The molecule has 0 aromatic carbocycles. The van der Waals surface area contributed by atoms with Crippen molar-refractivity contribution in [3.8, 4) is 0 Å². The quantitative estimate of drug-likeness (QED) is 0.666. The summed E-state index contributed by atoms with van der Waals surface area (Å²) in [6, 6.07) is 0. The number of hydrogen-bond donors (Lipinski definition) is 0.